The van der Waals surface area contributed by atoms with Crippen molar-refractivity contribution >= 4 is 23.8 Å². The first-order valence-corrected chi connectivity index (χ1v) is 5.62. The lowest BCUT2D eigenvalue weighted by atomic mass is 10.2. The summed E-state index contributed by atoms with van der Waals surface area (Å²) in [6.07, 6.45) is 3.84. The first-order valence-electron chi connectivity index (χ1n) is 5.24. The highest BCUT2D eigenvalue weighted by Gasteiger charge is 2.11. The molecule has 5 nitrogen and oxygen atoms in total. The van der Waals surface area contributed by atoms with Gasteiger partial charge in [-0.2, -0.15) is 0 Å². The van der Waals surface area contributed by atoms with Gasteiger partial charge in [0.2, 0.25) is 0 Å². The molecule has 0 atom stereocenters. The van der Waals surface area contributed by atoms with E-state index in [0.717, 1.165) is 6.21 Å². The second-order valence-corrected chi connectivity index (χ2v) is 4.05. The lowest BCUT2D eigenvalue weighted by molar-refractivity contribution is 0.0508. The fraction of sp³-hybridized carbons (Fsp3) is 0.0833. The lowest BCUT2D eigenvalue weighted by Crippen LogP contribution is -2.06. The number of aromatic nitrogens is 2. The van der Waals surface area contributed by atoms with Gasteiger partial charge in [0.1, 0.15) is 11.5 Å². The number of oxime groups is 1. The minimum absolute atomic E-state index is 0.0574. The maximum absolute atomic E-state index is 13.4. The van der Waals surface area contributed by atoms with Crippen LogP contribution >= 0.6 is 11.6 Å². The van der Waals surface area contributed by atoms with Gasteiger partial charge in [-0.25, -0.2) is 14.2 Å². The summed E-state index contributed by atoms with van der Waals surface area (Å²) in [6, 6.07) is 4.21. The average Bonchev–Trinajstić information content (AvgIpc) is 2.79. The summed E-state index contributed by atoms with van der Waals surface area (Å²) in [4.78, 5) is 20.0. The zero-order chi connectivity index (χ0) is 13.8. The van der Waals surface area contributed by atoms with Gasteiger partial charge < -0.3 is 9.40 Å². The number of hydrogen-bond acceptors (Lipinski definition) is 4. The highest BCUT2D eigenvalue weighted by Crippen LogP contribution is 2.16. The number of rotatable bonds is 3. The monoisotopic (exact) mass is 281 g/mol. The van der Waals surface area contributed by atoms with E-state index >= 15 is 0 Å². The van der Waals surface area contributed by atoms with Crippen molar-refractivity contribution in [2.24, 2.45) is 12.2 Å². The van der Waals surface area contributed by atoms with Crippen molar-refractivity contribution in [3.05, 3.63) is 52.8 Å². The maximum Gasteiger partial charge on any atom is 0.383 e. The third-order valence-corrected chi connectivity index (χ3v) is 2.67. The lowest BCUT2D eigenvalue weighted by Gasteiger charge is -2.00. The average molecular weight is 282 g/mol. The van der Waals surface area contributed by atoms with E-state index in [1.54, 1.807) is 7.05 Å². The topological polar surface area (TPSA) is 56.5 Å². The van der Waals surface area contributed by atoms with E-state index in [1.807, 2.05) is 0 Å². The van der Waals surface area contributed by atoms with Crippen molar-refractivity contribution in [1.82, 2.24) is 9.55 Å². The minimum Gasteiger partial charge on any atom is -0.328 e. The number of nitrogens with zero attached hydrogens (tertiary/aromatic N) is 3. The van der Waals surface area contributed by atoms with E-state index in [2.05, 4.69) is 15.0 Å². The second kappa shape index (κ2) is 5.62. The summed E-state index contributed by atoms with van der Waals surface area (Å²) >= 11 is 5.78. The Bertz CT molecular complexity index is 619. The van der Waals surface area contributed by atoms with E-state index in [9.17, 15) is 9.18 Å². The van der Waals surface area contributed by atoms with Crippen molar-refractivity contribution in [2.45, 2.75) is 0 Å². The van der Waals surface area contributed by atoms with E-state index in [-0.39, 0.29) is 16.3 Å². The molecule has 0 saturated heterocycles. The van der Waals surface area contributed by atoms with Crippen LogP contribution in [0.5, 0.6) is 0 Å². The minimum atomic E-state index is -0.691. The van der Waals surface area contributed by atoms with Crippen molar-refractivity contribution in [1.29, 1.82) is 0 Å². The Hall–Kier alpha value is -2.21. The quantitative estimate of drug-likeness (QED) is 0.493. The normalized spacial score (nSPS) is 10.9. The summed E-state index contributed by atoms with van der Waals surface area (Å²) in [6.45, 7) is 0. The molecule has 0 saturated carbocycles. The Morgan fingerprint density at radius 1 is 1.58 bits per heavy atom. The molecular weight excluding hydrogens is 273 g/mol. The molecule has 1 aromatic heterocycles. The summed E-state index contributed by atoms with van der Waals surface area (Å²) < 4.78 is 14.9. The number of imidazole rings is 1. The van der Waals surface area contributed by atoms with Crippen molar-refractivity contribution in [3.63, 3.8) is 0 Å². The van der Waals surface area contributed by atoms with Gasteiger partial charge >= 0.3 is 5.97 Å². The highest BCUT2D eigenvalue weighted by atomic mass is 35.5. The molecule has 2 aromatic rings. The van der Waals surface area contributed by atoms with Crippen LogP contribution in [0.4, 0.5) is 4.39 Å². The molecule has 1 heterocycles. The third-order valence-electron chi connectivity index (χ3n) is 2.34. The van der Waals surface area contributed by atoms with Crippen LogP contribution in [0, 0.1) is 5.82 Å². The molecule has 0 aliphatic heterocycles. The van der Waals surface area contributed by atoms with Gasteiger partial charge in [0.15, 0.2) is 0 Å². The van der Waals surface area contributed by atoms with Gasteiger partial charge in [0.25, 0.3) is 0 Å². The summed E-state index contributed by atoms with van der Waals surface area (Å²) in [5.41, 5.74) is 0.291. The molecule has 0 fully saturated rings. The van der Waals surface area contributed by atoms with Crippen LogP contribution in [0.25, 0.3) is 0 Å². The molecule has 0 N–H and O–H groups in total. The number of hydrogen-bond donors (Lipinski definition) is 0. The Morgan fingerprint density at radius 3 is 3.00 bits per heavy atom. The summed E-state index contributed by atoms with van der Waals surface area (Å²) in [5.74, 6) is -1.24. The predicted molar refractivity (Wildman–Crippen MR) is 67.6 cm³/mol. The molecular formula is C12H9ClFN3O2. The maximum atomic E-state index is 13.4. The van der Waals surface area contributed by atoms with Crippen LogP contribution in [0.2, 0.25) is 5.02 Å². The van der Waals surface area contributed by atoms with Crippen LogP contribution in [-0.4, -0.2) is 21.7 Å². The van der Waals surface area contributed by atoms with Crippen molar-refractivity contribution < 1.29 is 14.0 Å². The van der Waals surface area contributed by atoms with Gasteiger partial charge in [-0.1, -0.05) is 22.8 Å². The Morgan fingerprint density at radius 2 is 2.37 bits per heavy atom. The zero-order valence-corrected chi connectivity index (χ0v) is 10.6. The number of benzene rings is 1. The molecule has 0 amide bonds. The number of aryl methyl sites for hydroxylation is 1. The van der Waals surface area contributed by atoms with E-state index < -0.39 is 11.8 Å². The first kappa shape index (κ1) is 13.2. The van der Waals surface area contributed by atoms with Gasteiger partial charge in [-0.05, 0) is 12.1 Å². The molecule has 2 rings (SSSR count). The molecule has 0 unspecified atom stereocenters. The van der Waals surface area contributed by atoms with Crippen LogP contribution in [0.3, 0.4) is 0 Å². The highest BCUT2D eigenvalue weighted by molar-refractivity contribution is 6.33. The van der Waals surface area contributed by atoms with Gasteiger partial charge in [0, 0.05) is 7.05 Å². The largest absolute Gasteiger partial charge is 0.383 e. The van der Waals surface area contributed by atoms with Crippen LogP contribution in [-0.2, 0) is 11.9 Å². The van der Waals surface area contributed by atoms with Crippen LogP contribution in [0.1, 0.15) is 16.1 Å². The summed E-state index contributed by atoms with van der Waals surface area (Å²) in [7, 11) is 1.64. The van der Waals surface area contributed by atoms with E-state index in [0.29, 0.717) is 0 Å². The molecule has 7 heteroatoms. The molecule has 0 spiro atoms. The van der Waals surface area contributed by atoms with Gasteiger partial charge in [0.05, 0.1) is 29.3 Å². The zero-order valence-electron chi connectivity index (χ0n) is 9.88. The third kappa shape index (κ3) is 2.97. The number of carbonyl (C=O) groups is 1. The summed E-state index contributed by atoms with van der Waals surface area (Å²) in [5, 5.41) is 3.60. The van der Waals surface area contributed by atoms with Gasteiger partial charge in [-0.15, -0.1) is 0 Å². The smallest absolute Gasteiger partial charge is 0.328 e. The predicted octanol–water partition coefficient (Wildman–Crippen LogP) is 2.40. The first-order chi connectivity index (χ1) is 9.09. The fourth-order valence-corrected chi connectivity index (χ4v) is 1.57. The SMILES string of the molecule is Cn1cncc1C(=O)ON=Cc1c(F)cccc1Cl. The van der Waals surface area contributed by atoms with Crippen molar-refractivity contribution in [3.8, 4) is 0 Å². The standard InChI is InChI=1S/C12H9ClFN3O2/c1-17-7-15-6-11(17)12(18)19-16-5-8-9(13)3-2-4-10(8)14/h2-7H,1H3. The molecule has 98 valence electrons. The second-order valence-electron chi connectivity index (χ2n) is 3.64. The molecule has 0 bridgehead atoms. The number of halogens is 2. The van der Waals surface area contributed by atoms with Crippen LogP contribution < -0.4 is 0 Å². The molecule has 19 heavy (non-hydrogen) atoms. The van der Waals surface area contributed by atoms with E-state index in [4.69, 9.17) is 11.6 Å². The molecule has 0 aliphatic rings. The molecule has 1 aromatic carbocycles. The molecule has 0 aliphatic carbocycles. The Labute approximate surface area is 113 Å². The molecule has 0 radical (unpaired) electrons. The Balaban J connectivity index is 2.09. The van der Waals surface area contributed by atoms with Gasteiger partial charge in [-0.3, -0.25) is 0 Å². The van der Waals surface area contributed by atoms with E-state index in [1.165, 1.54) is 35.3 Å². The number of carbonyl (C=O) groups excluding carboxylic acids is 1. The Kier molecular flexibility index (Phi) is 3.91. The van der Waals surface area contributed by atoms with Crippen molar-refractivity contribution in [2.75, 3.05) is 0 Å². The fourth-order valence-electron chi connectivity index (χ4n) is 1.36. The van der Waals surface area contributed by atoms with Crippen LogP contribution in [0.15, 0.2) is 35.9 Å².